The molecule has 0 bridgehead atoms. The first-order valence-corrected chi connectivity index (χ1v) is 4.55. The molecule has 13 heavy (non-hydrogen) atoms. The van der Waals surface area contributed by atoms with Gasteiger partial charge in [0.05, 0.1) is 13.2 Å². The Morgan fingerprint density at radius 2 is 2.00 bits per heavy atom. The predicted octanol–water partition coefficient (Wildman–Crippen LogP) is 0.551. The van der Waals surface area contributed by atoms with Crippen LogP contribution in [0.4, 0.5) is 0 Å². The summed E-state index contributed by atoms with van der Waals surface area (Å²) < 4.78 is 10.1. The van der Waals surface area contributed by atoms with Crippen LogP contribution >= 0.6 is 0 Å². The molecule has 0 aromatic carbocycles. The van der Waals surface area contributed by atoms with E-state index < -0.39 is 5.41 Å². The SMILES string of the molecule is CCOCC(C)(CN)C(=O)OCC. The molecular weight excluding hydrogens is 170 g/mol. The molecule has 0 aromatic heterocycles. The summed E-state index contributed by atoms with van der Waals surface area (Å²) in [6.07, 6.45) is 0. The van der Waals surface area contributed by atoms with Gasteiger partial charge in [0, 0.05) is 13.2 Å². The first-order chi connectivity index (χ1) is 6.10. The highest BCUT2D eigenvalue weighted by molar-refractivity contribution is 5.76. The molecule has 2 N–H and O–H groups in total. The van der Waals surface area contributed by atoms with E-state index in [1.54, 1.807) is 13.8 Å². The summed E-state index contributed by atoms with van der Waals surface area (Å²) in [5, 5.41) is 0. The van der Waals surface area contributed by atoms with E-state index in [1.165, 1.54) is 0 Å². The quantitative estimate of drug-likeness (QED) is 0.620. The highest BCUT2D eigenvalue weighted by atomic mass is 16.5. The molecule has 1 atom stereocenters. The van der Waals surface area contributed by atoms with Gasteiger partial charge in [-0.15, -0.1) is 0 Å². The van der Waals surface area contributed by atoms with Crippen molar-refractivity contribution in [3.05, 3.63) is 0 Å². The Bertz CT molecular complexity index is 161. The summed E-state index contributed by atoms with van der Waals surface area (Å²) >= 11 is 0. The number of carbonyl (C=O) groups is 1. The Kier molecular flexibility index (Phi) is 5.66. The molecule has 0 aliphatic heterocycles. The molecule has 0 radical (unpaired) electrons. The molecule has 0 aliphatic carbocycles. The molecule has 0 fully saturated rings. The minimum atomic E-state index is -0.702. The van der Waals surface area contributed by atoms with Crippen molar-refractivity contribution >= 4 is 5.97 Å². The zero-order valence-electron chi connectivity index (χ0n) is 8.63. The standard InChI is InChI=1S/C9H19NO3/c1-4-12-7-9(3,6-10)8(11)13-5-2/h4-7,10H2,1-3H3. The van der Waals surface area contributed by atoms with E-state index in [2.05, 4.69) is 0 Å². The maximum Gasteiger partial charge on any atom is 0.315 e. The van der Waals surface area contributed by atoms with E-state index >= 15 is 0 Å². The molecule has 0 aliphatic rings. The van der Waals surface area contributed by atoms with E-state index in [-0.39, 0.29) is 12.5 Å². The van der Waals surface area contributed by atoms with Gasteiger partial charge in [-0.1, -0.05) is 0 Å². The second kappa shape index (κ2) is 5.94. The third kappa shape index (κ3) is 3.74. The molecule has 0 aromatic rings. The molecule has 0 amide bonds. The molecule has 1 unspecified atom stereocenters. The van der Waals surface area contributed by atoms with Crippen molar-refractivity contribution in [2.75, 3.05) is 26.4 Å². The van der Waals surface area contributed by atoms with Crippen LogP contribution in [0.2, 0.25) is 0 Å². The molecule has 0 heterocycles. The van der Waals surface area contributed by atoms with Crippen LogP contribution in [0.15, 0.2) is 0 Å². The average molecular weight is 189 g/mol. The van der Waals surface area contributed by atoms with Gasteiger partial charge in [0.2, 0.25) is 0 Å². The van der Waals surface area contributed by atoms with Gasteiger partial charge in [-0.3, -0.25) is 4.79 Å². The van der Waals surface area contributed by atoms with Crippen LogP contribution < -0.4 is 5.73 Å². The van der Waals surface area contributed by atoms with Crippen molar-refractivity contribution in [1.82, 2.24) is 0 Å². The second-order valence-electron chi connectivity index (χ2n) is 3.12. The van der Waals surface area contributed by atoms with Gasteiger partial charge in [0.1, 0.15) is 5.41 Å². The van der Waals surface area contributed by atoms with Gasteiger partial charge < -0.3 is 15.2 Å². The fourth-order valence-corrected chi connectivity index (χ4v) is 0.834. The molecule has 0 saturated heterocycles. The van der Waals surface area contributed by atoms with Crippen LogP contribution in [-0.2, 0) is 14.3 Å². The number of hydrogen-bond donors (Lipinski definition) is 1. The van der Waals surface area contributed by atoms with Crippen LogP contribution in [0.25, 0.3) is 0 Å². The maximum atomic E-state index is 11.4. The minimum Gasteiger partial charge on any atom is -0.465 e. The fourth-order valence-electron chi connectivity index (χ4n) is 0.834. The number of nitrogens with two attached hydrogens (primary N) is 1. The zero-order valence-corrected chi connectivity index (χ0v) is 8.63. The van der Waals surface area contributed by atoms with Gasteiger partial charge in [-0.05, 0) is 20.8 Å². The van der Waals surface area contributed by atoms with E-state index in [4.69, 9.17) is 15.2 Å². The fraction of sp³-hybridized carbons (Fsp3) is 0.889. The number of rotatable bonds is 6. The Hall–Kier alpha value is -0.610. The average Bonchev–Trinajstić information content (AvgIpc) is 2.14. The molecule has 0 saturated carbocycles. The van der Waals surface area contributed by atoms with Crippen LogP contribution in [0.1, 0.15) is 20.8 Å². The largest absolute Gasteiger partial charge is 0.465 e. The molecule has 0 spiro atoms. The summed E-state index contributed by atoms with van der Waals surface area (Å²) in [5.74, 6) is -0.286. The van der Waals surface area contributed by atoms with Crippen molar-refractivity contribution in [3.8, 4) is 0 Å². The monoisotopic (exact) mass is 189 g/mol. The van der Waals surface area contributed by atoms with Crippen molar-refractivity contribution < 1.29 is 14.3 Å². The molecule has 78 valence electrons. The second-order valence-corrected chi connectivity index (χ2v) is 3.12. The van der Waals surface area contributed by atoms with Crippen molar-refractivity contribution in [2.24, 2.45) is 11.1 Å². The van der Waals surface area contributed by atoms with E-state index in [0.717, 1.165) is 0 Å². The summed E-state index contributed by atoms with van der Waals surface area (Å²) in [6, 6.07) is 0. The van der Waals surface area contributed by atoms with Gasteiger partial charge >= 0.3 is 5.97 Å². The normalized spacial score (nSPS) is 15.1. The highest BCUT2D eigenvalue weighted by Crippen LogP contribution is 2.17. The van der Waals surface area contributed by atoms with Gasteiger partial charge in [-0.25, -0.2) is 0 Å². The summed E-state index contributed by atoms with van der Waals surface area (Å²) in [7, 11) is 0. The van der Waals surface area contributed by atoms with Crippen LogP contribution in [0.5, 0.6) is 0 Å². The van der Waals surface area contributed by atoms with Crippen LogP contribution in [-0.4, -0.2) is 32.3 Å². The number of esters is 1. The smallest absolute Gasteiger partial charge is 0.315 e. The first kappa shape index (κ1) is 12.4. The third-order valence-electron chi connectivity index (χ3n) is 1.84. The number of ether oxygens (including phenoxy) is 2. The number of carbonyl (C=O) groups excluding carboxylic acids is 1. The first-order valence-electron chi connectivity index (χ1n) is 4.55. The lowest BCUT2D eigenvalue weighted by atomic mass is 9.92. The van der Waals surface area contributed by atoms with E-state index in [0.29, 0.717) is 19.8 Å². The van der Waals surface area contributed by atoms with Crippen molar-refractivity contribution in [2.45, 2.75) is 20.8 Å². The summed E-state index contributed by atoms with van der Waals surface area (Å²) in [5.41, 5.74) is 4.80. The highest BCUT2D eigenvalue weighted by Gasteiger charge is 2.33. The summed E-state index contributed by atoms with van der Waals surface area (Å²) in [6.45, 7) is 6.92. The van der Waals surface area contributed by atoms with E-state index in [1.807, 2.05) is 6.92 Å². The molecular formula is C9H19NO3. The van der Waals surface area contributed by atoms with E-state index in [9.17, 15) is 4.79 Å². The van der Waals surface area contributed by atoms with Crippen LogP contribution in [0, 0.1) is 5.41 Å². The number of hydrogen-bond acceptors (Lipinski definition) is 4. The Morgan fingerprint density at radius 1 is 1.38 bits per heavy atom. The molecule has 4 nitrogen and oxygen atoms in total. The van der Waals surface area contributed by atoms with Gasteiger partial charge in [-0.2, -0.15) is 0 Å². The molecule has 4 heteroatoms. The van der Waals surface area contributed by atoms with Crippen molar-refractivity contribution in [3.63, 3.8) is 0 Å². The Morgan fingerprint density at radius 3 is 2.38 bits per heavy atom. The zero-order chi connectivity index (χ0) is 10.3. The topological polar surface area (TPSA) is 61.5 Å². The van der Waals surface area contributed by atoms with Gasteiger partial charge in [0.15, 0.2) is 0 Å². The van der Waals surface area contributed by atoms with Crippen LogP contribution in [0.3, 0.4) is 0 Å². The third-order valence-corrected chi connectivity index (χ3v) is 1.84. The Balaban J connectivity index is 4.16. The minimum absolute atomic E-state index is 0.242. The lowest BCUT2D eigenvalue weighted by Crippen LogP contribution is -2.41. The van der Waals surface area contributed by atoms with Gasteiger partial charge in [0.25, 0.3) is 0 Å². The summed E-state index contributed by atoms with van der Waals surface area (Å²) in [4.78, 5) is 11.4. The maximum absolute atomic E-state index is 11.4. The van der Waals surface area contributed by atoms with Crippen molar-refractivity contribution in [1.29, 1.82) is 0 Å². The lowest BCUT2D eigenvalue weighted by molar-refractivity contribution is -0.157. The lowest BCUT2D eigenvalue weighted by Gasteiger charge is -2.24. The predicted molar refractivity (Wildman–Crippen MR) is 50.3 cm³/mol. The Labute approximate surface area is 79.4 Å². The molecule has 0 rings (SSSR count).